The standard InChI is InChI=1S/C13H16N2O3/c1-15(2)11-6-4-3-5-10(11)14-12(16)8-7-9(8)13(17)18/h3-6,8-9H,7H2,1-2H3,(H,14,16)(H,17,18)/t8-,9+/m1/s1. The number of benzene rings is 1. The van der Waals surface area contributed by atoms with Crippen LogP contribution in [0.15, 0.2) is 24.3 Å². The summed E-state index contributed by atoms with van der Waals surface area (Å²) in [4.78, 5) is 24.5. The van der Waals surface area contributed by atoms with E-state index in [2.05, 4.69) is 5.32 Å². The molecule has 1 aliphatic rings. The smallest absolute Gasteiger partial charge is 0.307 e. The number of carbonyl (C=O) groups is 2. The number of carbonyl (C=O) groups excluding carboxylic acids is 1. The largest absolute Gasteiger partial charge is 0.481 e. The van der Waals surface area contributed by atoms with Crippen LogP contribution in [-0.2, 0) is 9.59 Å². The molecule has 5 heteroatoms. The Hall–Kier alpha value is -2.04. The molecule has 1 aliphatic carbocycles. The Bertz CT molecular complexity index is 485. The van der Waals surface area contributed by atoms with Gasteiger partial charge in [0.2, 0.25) is 5.91 Å². The Labute approximate surface area is 105 Å². The zero-order valence-electron chi connectivity index (χ0n) is 10.4. The van der Waals surface area contributed by atoms with Gasteiger partial charge in [0.25, 0.3) is 0 Å². The number of amides is 1. The van der Waals surface area contributed by atoms with Crippen LogP contribution < -0.4 is 10.2 Å². The molecule has 1 aromatic rings. The van der Waals surface area contributed by atoms with E-state index in [-0.39, 0.29) is 5.91 Å². The van der Waals surface area contributed by atoms with Crippen LogP contribution in [0.1, 0.15) is 6.42 Å². The first-order valence-electron chi connectivity index (χ1n) is 5.80. The molecule has 2 N–H and O–H groups in total. The lowest BCUT2D eigenvalue weighted by molar-refractivity contribution is -0.139. The molecule has 18 heavy (non-hydrogen) atoms. The first-order valence-corrected chi connectivity index (χ1v) is 5.80. The van der Waals surface area contributed by atoms with Gasteiger partial charge in [0.05, 0.1) is 23.2 Å². The van der Waals surface area contributed by atoms with Crippen LogP contribution >= 0.6 is 0 Å². The van der Waals surface area contributed by atoms with E-state index in [9.17, 15) is 9.59 Å². The van der Waals surface area contributed by atoms with Crippen molar-refractivity contribution in [1.29, 1.82) is 0 Å². The third kappa shape index (κ3) is 2.45. The average molecular weight is 248 g/mol. The van der Waals surface area contributed by atoms with Crippen LogP contribution in [0, 0.1) is 11.8 Å². The highest BCUT2D eigenvalue weighted by Crippen LogP contribution is 2.40. The number of nitrogens with one attached hydrogen (secondary N) is 1. The van der Waals surface area contributed by atoms with E-state index in [0.29, 0.717) is 12.1 Å². The molecule has 5 nitrogen and oxygen atoms in total. The third-order valence-electron chi connectivity index (χ3n) is 3.09. The van der Waals surface area contributed by atoms with Crippen LogP contribution in [0.4, 0.5) is 11.4 Å². The first-order chi connectivity index (χ1) is 8.50. The molecule has 1 saturated carbocycles. The lowest BCUT2D eigenvalue weighted by Gasteiger charge is -2.17. The zero-order valence-corrected chi connectivity index (χ0v) is 10.4. The summed E-state index contributed by atoms with van der Waals surface area (Å²) in [5.41, 5.74) is 1.61. The molecular weight excluding hydrogens is 232 g/mol. The molecule has 0 radical (unpaired) electrons. The predicted octanol–water partition coefficient (Wildman–Crippen LogP) is 1.41. The van der Waals surface area contributed by atoms with Crippen LogP contribution in [0.2, 0.25) is 0 Å². The van der Waals surface area contributed by atoms with Crippen molar-refractivity contribution in [2.45, 2.75) is 6.42 Å². The Morgan fingerprint density at radius 3 is 2.50 bits per heavy atom. The van der Waals surface area contributed by atoms with E-state index in [1.54, 1.807) is 0 Å². The molecule has 1 fully saturated rings. The van der Waals surface area contributed by atoms with Gasteiger partial charge in [-0.15, -0.1) is 0 Å². The van der Waals surface area contributed by atoms with E-state index in [1.807, 2.05) is 43.3 Å². The summed E-state index contributed by atoms with van der Waals surface area (Å²) >= 11 is 0. The summed E-state index contributed by atoms with van der Waals surface area (Å²) < 4.78 is 0. The highest BCUT2D eigenvalue weighted by Gasteiger charge is 2.48. The highest BCUT2D eigenvalue weighted by atomic mass is 16.4. The molecule has 0 heterocycles. The van der Waals surface area contributed by atoms with Crippen molar-refractivity contribution in [3.63, 3.8) is 0 Å². The SMILES string of the molecule is CN(C)c1ccccc1NC(=O)[C@@H]1C[C@@H]1C(=O)O. The minimum absolute atomic E-state index is 0.211. The quantitative estimate of drug-likeness (QED) is 0.845. The number of aliphatic carboxylic acids is 1. The van der Waals surface area contributed by atoms with Crippen molar-refractivity contribution in [2.75, 3.05) is 24.3 Å². The topological polar surface area (TPSA) is 69.6 Å². The predicted molar refractivity (Wildman–Crippen MR) is 68.6 cm³/mol. The van der Waals surface area contributed by atoms with Crippen molar-refractivity contribution in [3.8, 4) is 0 Å². The maximum Gasteiger partial charge on any atom is 0.307 e. The molecule has 0 aromatic heterocycles. The normalized spacial score (nSPS) is 21.2. The minimum atomic E-state index is -0.893. The lowest BCUT2D eigenvalue weighted by atomic mass is 10.2. The fraction of sp³-hybridized carbons (Fsp3) is 0.385. The zero-order chi connectivity index (χ0) is 13.3. The van der Waals surface area contributed by atoms with E-state index in [0.717, 1.165) is 5.69 Å². The third-order valence-corrected chi connectivity index (χ3v) is 3.09. The molecule has 0 spiro atoms. The van der Waals surface area contributed by atoms with E-state index in [1.165, 1.54) is 0 Å². The summed E-state index contributed by atoms with van der Waals surface area (Å²) in [6.45, 7) is 0. The second-order valence-electron chi connectivity index (χ2n) is 4.69. The van der Waals surface area contributed by atoms with Crippen LogP contribution in [-0.4, -0.2) is 31.1 Å². The second-order valence-corrected chi connectivity index (χ2v) is 4.69. The van der Waals surface area contributed by atoms with Gasteiger partial charge in [-0.05, 0) is 18.6 Å². The van der Waals surface area contributed by atoms with Gasteiger partial charge in [0.1, 0.15) is 0 Å². The van der Waals surface area contributed by atoms with Gasteiger partial charge >= 0.3 is 5.97 Å². The molecule has 1 aromatic carbocycles. The Kier molecular flexibility index (Phi) is 3.23. The summed E-state index contributed by atoms with van der Waals surface area (Å²) in [5, 5.41) is 11.6. The number of anilines is 2. The summed E-state index contributed by atoms with van der Waals surface area (Å²) in [6, 6.07) is 7.44. The van der Waals surface area contributed by atoms with E-state index in [4.69, 9.17) is 5.11 Å². The Morgan fingerprint density at radius 1 is 1.28 bits per heavy atom. The van der Waals surface area contributed by atoms with Gasteiger partial charge in [0, 0.05) is 14.1 Å². The van der Waals surface area contributed by atoms with Gasteiger partial charge in [-0.2, -0.15) is 0 Å². The number of carboxylic acids is 1. The van der Waals surface area contributed by atoms with E-state index < -0.39 is 17.8 Å². The molecule has 0 unspecified atom stereocenters. The monoisotopic (exact) mass is 248 g/mol. The lowest BCUT2D eigenvalue weighted by Crippen LogP contribution is -2.19. The highest BCUT2D eigenvalue weighted by molar-refractivity contribution is 6.00. The Morgan fingerprint density at radius 2 is 1.94 bits per heavy atom. The maximum atomic E-state index is 11.9. The first kappa shape index (κ1) is 12.4. The van der Waals surface area contributed by atoms with Crippen molar-refractivity contribution in [1.82, 2.24) is 0 Å². The number of carboxylic acid groups (broad SMARTS) is 1. The molecule has 1 amide bonds. The summed E-state index contributed by atoms with van der Waals surface area (Å²) in [5.74, 6) is -2.01. The molecule has 2 rings (SSSR count). The summed E-state index contributed by atoms with van der Waals surface area (Å²) in [6.07, 6.45) is 0.436. The molecular formula is C13H16N2O3. The minimum Gasteiger partial charge on any atom is -0.481 e. The average Bonchev–Trinajstić information content (AvgIpc) is 3.09. The number of rotatable bonds is 4. The van der Waals surface area contributed by atoms with Crippen molar-refractivity contribution >= 4 is 23.3 Å². The molecule has 2 atom stereocenters. The fourth-order valence-electron chi connectivity index (χ4n) is 1.95. The van der Waals surface area contributed by atoms with Crippen molar-refractivity contribution in [3.05, 3.63) is 24.3 Å². The summed E-state index contributed by atoms with van der Waals surface area (Å²) in [7, 11) is 3.78. The maximum absolute atomic E-state index is 11.9. The van der Waals surface area contributed by atoms with Crippen LogP contribution in [0.5, 0.6) is 0 Å². The number of hydrogen-bond acceptors (Lipinski definition) is 3. The van der Waals surface area contributed by atoms with Gasteiger partial charge < -0.3 is 15.3 Å². The van der Waals surface area contributed by atoms with Gasteiger partial charge in [0.15, 0.2) is 0 Å². The van der Waals surface area contributed by atoms with Gasteiger partial charge in [-0.3, -0.25) is 9.59 Å². The second kappa shape index (κ2) is 4.68. The molecule has 0 aliphatic heterocycles. The van der Waals surface area contributed by atoms with Gasteiger partial charge in [-0.25, -0.2) is 0 Å². The van der Waals surface area contributed by atoms with Crippen molar-refractivity contribution < 1.29 is 14.7 Å². The van der Waals surface area contributed by atoms with Crippen LogP contribution in [0.3, 0.4) is 0 Å². The van der Waals surface area contributed by atoms with Crippen molar-refractivity contribution in [2.24, 2.45) is 11.8 Å². The molecule has 96 valence electrons. The van der Waals surface area contributed by atoms with Crippen LogP contribution in [0.25, 0.3) is 0 Å². The number of nitrogens with zero attached hydrogens (tertiary/aromatic N) is 1. The fourth-order valence-corrected chi connectivity index (χ4v) is 1.95. The number of para-hydroxylation sites is 2. The van der Waals surface area contributed by atoms with E-state index >= 15 is 0 Å². The van der Waals surface area contributed by atoms with Gasteiger partial charge in [-0.1, -0.05) is 12.1 Å². The number of hydrogen-bond donors (Lipinski definition) is 2. The molecule has 0 bridgehead atoms. The Balaban J connectivity index is 2.06. The molecule has 0 saturated heterocycles.